The number of nitrogens with zero attached hydrogens (tertiary/aromatic N) is 4. The molecule has 4 heterocycles. The number of hydrogen-bond donors (Lipinski definition) is 2. The molecule has 2 unspecified atom stereocenters. The van der Waals surface area contributed by atoms with Crippen LogP contribution in [0.15, 0.2) is 23.3 Å². The molecule has 2 aliphatic heterocycles. The molecule has 2 N–H and O–H groups in total. The van der Waals surface area contributed by atoms with Crippen LogP contribution >= 0.6 is 0 Å². The van der Waals surface area contributed by atoms with Crippen LogP contribution in [0.2, 0.25) is 0 Å². The Morgan fingerprint density at radius 3 is 2.72 bits per heavy atom. The number of ether oxygens (including phenoxy) is 2. The van der Waals surface area contributed by atoms with Crippen molar-refractivity contribution in [1.82, 2.24) is 25.4 Å². The van der Waals surface area contributed by atoms with Crippen molar-refractivity contribution in [2.24, 2.45) is 0 Å². The summed E-state index contributed by atoms with van der Waals surface area (Å²) in [7, 11) is 0. The molecule has 2 aromatic rings. The van der Waals surface area contributed by atoms with E-state index in [2.05, 4.69) is 15.4 Å². The van der Waals surface area contributed by atoms with Crippen LogP contribution in [0.4, 0.5) is 32.2 Å². The number of nitrogens with one attached hydrogen (secondary N) is 2. The fourth-order valence-corrected chi connectivity index (χ4v) is 4.48. The molecular formula is C23H26F6N6O4. The van der Waals surface area contributed by atoms with Crippen molar-refractivity contribution in [2.75, 3.05) is 44.2 Å². The van der Waals surface area contributed by atoms with Gasteiger partial charge in [0.1, 0.15) is 6.10 Å². The highest BCUT2D eigenvalue weighted by Crippen LogP contribution is 2.38. The summed E-state index contributed by atoms with van der Waals surface area (Å²) in [5, 5.41) is 8.03. The van der Waals surface area contributed by atoms with Crippen LogP contribution in [0.25, 0.3) is 0 Å². The molecule has 214 valence electrons. The summed E-state index contributed by atoms with van der Waals surface area (Å²) in [5.41, 5.74) is -3.77. The molecule has 4 rings (SSSR count). The first kappa shape index (κ1) is 28.4. The molecule has 2 atom stereocenters. The van der Waals surface area contributed by atoms with Crippen molar-refractivity contribution in [3.63, 3.8) is 0 Å². The van der Waals surface area contributed by atoms with Gasteiger partial charge in [-0.15, -0.1) is 0 Å². The lowest BCUT2D eigenvalue weighted by atomic mass is 10.1. The third kappa shape index (κ3) is 6.72. The normalized spacial score (nSPS) is 18.5. The zero-order chi connectivity index (χ0) is 28.4. The van der Waals surface area contributed by atoms with Gasteiger partial charge in [0, 0.05) is 51.8 Å². The monoisotopic (exact) mass is 564 g/mol. The van der Waals surface area contributed by atoms with Gasteiger partial charge in [-0.2, -0.15) is 31.4 Å². The number of piperazine rings is 1. The highest BCUT2D eigenvalue weighted by Gasteiger charge is 2.39. The van der Waals surface area contributed by atoms with E-state index < -0.39 is 40.9 Å². The highest BCUT2D eigenvalue weighted by atomic mass is 19.4. The van der Waals surface area contributed by atoms with Gasteiger partial charge in [0.15, 0.2) is 22.9 Å². The number of aromatic amines is 1. The van der Waals surface area contributed by atoms with Crippen LogP contribution in [0.3, 0.4) is 0 Å². The van der Waals surface area contributed by atoms with Crippen LogP contribution in [0.5, 0.6) is 11.5 Å². The van der Waals surface area contributed by atoms with Crippen LogP contribution < -0.4 is 25.2 Å². The molecular weight excluding hydrogens is 538 g/mol. The number of H-pyrrole nitrogens is 1. The first-order chi connectivity index (χ1) is 18.3. The first-order valence-electron chi connectivity index (χ1n) is 12.1. The lowest BCUT2D eigenvalue weighted by molar-refractivity contribution is -0.140. The van der Waals surface area contributed by atoms with E-state index in [0.29, 0.717) is 31.9 Å². The zero-order valence-electron chi connectivity index (χ0n) is 20.7. The number of hydrogen-bond acceptors (Lipinski definition) is 8. The van der Waals surface area contributed by atoms with Gasteiger partial charge in [-0.25, -0.2) is 10.1 Å². The molecule has 1 saturated heterocycles. The molecule has 2 aromatic heterocycles. The summed E-state index contributed by atoms with van der Waals surface area (Å²) in [4.78, 5) is 31.8. The largest absolute Gasteiger partial charge is 0.490 e. The Balaban J connectivity index is 1.26. The number of anilines is 1. The van der Waals surface area contributed by atoms with E-state index in [0.717, 1.165) is 18.5 Å². The maximum atomic E-state index is 13.2. The second-order valence-corrected chi connectivity index (χ2v) is 9.19. The fraction of sp³-hybridized carbons (Fsp3) is 0.565. The van der Waals surface area contributed by atoms with E-state index in [1.165, 1.54) is 6.92 Å². The predicted molar refractivity (Wildman–Crippen MR) is 125 cm³/mol. The standard InChI is InChI=1S/C23H26F6N6O4/c1-13(39-17-11-32-33-21(37)19(17)23(27,28)29)9-30-4-2-18(36)34-5-6-35-15(12-34)3-7-38-16-8-14(22(24,25)26)10-31-20(16)35/h8,10-11,13,15,30H,2-7,9,12H2,1H3,(H,33,37). The van der Waals surface area contributed by atoms with Crippen molar-refractivity contribution in [2.45, 2.75) is 44.3 Å². The molecule has 1 amide bonds. The Morgan fingerprint density at radius 2 is 2.00 bits per heavy atom. The Hall–Kier alpha value is -3.56. The average Bonchev–Trinajstić information content (AvgIpc) is 3.03. The van der Waals surface area contributed by atoms with Gasteiger partial charge >= 0.3 is 12.4 Å². The number of carbonyl (C=O) groups is 1. The third-order valence-electron chi connectivity index (χ3n) is 6.36. The summed E-state index contributed by atoms with van der Waals surface area (Å²) < 4.78 is 89.4. The predicted octanol–water partition coefficient (Wildman–Crippen LogP) is 2.45. The van der Waals surface area contributed by atoms with Gasteiger partial charge < -0.3 is 24.6 Å². The van der Waals surface area contributed by atoms with E-state index in [1.807, 2.05) is 4.90 Å². The Bertz CT molecular complexity index is 1240. The van der Waals surface area contributed by atoms with Crippen LogP contribution in [-0.2, 0) is 17.1 Å². The Labute approximate surface area is 218 Å². The third-order valence-corrected chi connectivity index (χ3v) is 6.36. The molecule has 39 heavy (non-hydrogen) atoms. The van der Waals surface area contributed by atoms with E-state index >= 15 is 0 Å². The van der Waals surface area contributed by atoms with Gasteiger partial charge in [0.05, 0.1) is 24.4 Å². The number of rotatable bonds is 7. The molecule has 0 saturated carbocycles. The summed E-state index contributed by atoms with van der Waals surface area (Å²) in [6, 6.07) is 0.759. The van der Waals surface area contributed by atoms with E-state index in [4.69, 9.17) is 9.47 Å². The van der Waals surface area contributed by atoms with Crippen molar-refractivity contribution >= 4 is 11.7 Å². The molecule has 2 aliphatic rings. The number of alkyl halides is 6. The number of aromatic nitrogens is 3. The maximum Gasteiger partial charge on any atom is 0.425 e. The molecule has 16 heteroatoms. The zero-order valence-corrected chi connectivity index (χ0v) is 20.7. The fourth-order valence-electron chi connectivity index (χ4n) is 4.48. The van der Waals surface area contributed by atoms with Gasteiger partial charge in [-0.05, 0) is 13.0 Å². The second-order valence-electron chi connectivity index (χ2n) is 9.19. The second kappa shape index (κ2) is 11.3. The van der Waals surface area contributed by atoms with Gasteiger partial charge in [-0.3, -0.25) is 9.59 Å². The maximum absolute atomic E-state index is 13.2. The van der Waals surface area contributed by atoms with E-state index in [-0.39, 0.29) is 43.8 Å². The van der Waals surface area contributed by atoms with Crippen LogP contribution in [0, 0.1) is 0 Å². The molecule has 0 spiro atoms. The van der Waals surface area contributed by atoms with Crippen molar-refractivity contribution < 1.29 is 40.6 Å². The summed E-state index contributed by atoms with van der Waals surface area (Å²) in [6.45, 7) is 3.07. The van der Waals surface area contributed by atoms with E-state index in [9.17, 15) is 35.9 Å². The SMILES string of the molecule is CC(CNCCC(=O)N1CCN2c3ncc(C(F)(F)F)cc3OCCC2C1)Oc1cn[nH]c(=O)c1C(F)(F)F. The molecule has 1 fully saturated rings. The minimum absolute atomic E-state index is 0.0610. The minimum Gasteiger partial charge on any atom is -0.490 e. The molecule has 0 bridgehead atoms. The van der Waals surface area contributed by atoms with Gasteiger partial charge in [-0.1, -0.05) is 0 Å². The molecule has 0 aliphatic carbocycles. The molecule has 10 nitrogen and oxygen atoms in total. The number of fused-ring (bicyclic) bond motifs is 3. The number of carbonyl (C=O) groups excluding carboxylic acids is 1. The van der Waals surface area contributed by atoms with Crippen molar-refractivity contribution in [1.29, 1.82) is 0 Å². The number of amides is 1. The first-order valence-corrected chi connectivity index (χ1v) is 12.1. The van der Waals surface area contributed by atoms with Crippen molar-refractivity contribution in [3.05, 3.63) is 39.9 Å². The van der Waals surface area contributed by atoms with E-state index in [1.54, 1.807) is 10.00 Å². The topological polar surface area (TPSA) is 113 Å². The minimum atomic E-state index is -4.91. The lowest BCUT2D eigenvalue weighted by Gasteiger charge is -2.41. The van der Waals surface area contributed by atoms with Gasteiger partial charge in [0.25, 0.3) is 5.56 Å². The number of halogens is 6. The quantitative estimate of drug-likeness (QED) is 0.390. The van der Waals surface area contributed by atoms with Gasteiger partial charge in [0.2, 0.25) is 5.91 Å². The summed E-state index contributed by atoms with van der Waals surface area (Å²) in [6.07, 6.45) is -8.05. The number of pyridine rings is 1. The smallest absolute Gasteiger partial charge is 0.425 e. The summed E-state index contributed by atoms with van der Waals surface area (Å²) >= 11 is 0. The molecule has 0 aromatic carbocycles. The highest BCUT2D eigenvalue weighted by molar-refractivity contribution is 5.77. The molecule has 0 radical (unpaired) electrons. The summed E-state index contributed by atoms with van der Waals surface area (Å²) in [5.74, 6) is -0.462. The van der Waals surface area contributed by atoms with Crippen molar-refractivity contribution in [3.8, 4) is 11.5 Å². The Kier molecular flexibility index (Phi) is 8.23. The lowest BCUT2D eigenvalue weighted by Crippen LogP contribution is -2.55. The Morgan fingerprint density at radius 1 is 1.23 bits per heavy atom. The van der Waals surface area contributed by atoms with Crippen LogP contribution in [-0.4, -0.2) is 77.5 Å². The average molecular weight is 564 g/mol. The van der Waals surface area contributed by atoms with Crippen LogP contribution in [0.1, 0.15) is 30.9 Å².